The van der Waals surface area contributed by atoms with Gasteiger partial charge < -0.3 is 9.80 Å². The Kier molecular flexibility index (Phi) is 5.58. The van der Waals surface area contributed by atoms with Crippen LogP contribution in [0.4, 0.5) is 4.39 Å². The van der Waals surface area contributed by atoms with Crippen molar-refractivity contribution in [3.63, 3.8) is 0 Å². The summed E-state index contributed by atoms with van der Waals surface area (Å²) in [5.41, 5.74) is 2.40. The van der Waals surface area contributed by atoms with E-state index in [-0.39, 0.29) is 23.6 Å². The fourth-order valence-electron chi connectivity index (χ4n) is 3.27. The van der Waals surface area contributed by atoms with Crippen molar-refractivity contribution in [3.8, 4) is 0 Å². The second-order valence-corrected chi connectivity index (χ2v) is 6.94. The number of aromatic nitrogens is 2. The number of rotatable bonds is 4. The average molecular weight is 386 g/mol. The molecule has 2 heterocycles. The first-order valence-corrected chi connectivity index (χ1v) is 9.22. The molecule has 28 heavy (non-hydrogen) atoms. The third-order valence-corrected chi connectivity index (χ3v) is 5.25. The van der Waals surface area contributed by atoms with E-state index in [1.165, 1.54) is 17.0 Å². The Bertz CT molecular complexity index is 986. The van der Waals surface area contributed by atoms with Crippen LogP contribution in [0.5, 0.6) is 0 Å². The fourth-order valence-corrected chi connectivity index (χ4v) is 3.27. The predicted molar refractivity (Wildman–Crippen MR) is 102 cm³/mol. The lowest BCUT2D eigenvalue weighted by atomic mass is 10.0. The third-order valence-electron chi connectivity index (χ3n) is 5.25. The lowest BCUT2D eigenvalue weighted by Gasteiger charge is -2.33. The summed E-state index contributed by atoms with van der Waals surface area (Å²) in [5.74, 6) is -1.26. The highest BCUT2D eigenvalue weighted by atomic mass is 19.1. The lowest BCUT2D eigenvalue weighted by molar-refractivity contribution is -0.134. The lowest BCUT2D eigenvalue weighted by Crippen LogP contribution is -2.52. The van der Waals surface area contributed by atoms with Gasteiger partial charge in [-0.25, -0.2) is 9.49 Å². The van der Waals surface area contributed by atoms with E-state index >= 15 is 0 Å². The molecule has 0 saturated carbocycles. The number of likely N-dealkylation sites (N-methyl/N-ethyl adjacent to an activating group) is 1. The smallest absolute Gasteiger partial charge is 0.267 e. The quantitative estimate of drug-likeness (QED) is 0.861. The molecule has 0 spiro atoms. The van der Waals surface area contributed by atoms with E-state index in [0.29, 0.717) is 42.9 Å². The normalized spacial score (nSPS) is 14.5. The van der Waals surface area contributed by atoms with Gasteiger partial charge in [-0.3, -0.25) is 14.4 Å². The molecular weight excluding hydrogens is 363 g/mol. The summed E-state index contributed by atoms with van der Waals surface area (Å²) in [7, 11) is 0. The number of hydrogen-bond donors (Lipinski definition) is 1. The summed E-state index contributed by atoms with van der Waals surface area (Å²) in [4.78, 5) is 39.5. The monoisotopic (exact) mass is 386 g/mol. The molecule has 1 aromatic carbocycles. The number of benzene rings is 1. The van der Waals surface area contributed by atoms with E-state index in [9.17, 15) is 18.8 Å². The number of nitrogens with one attached hydrogen (secondary N) is 1. The van der Waals surface area contributed by atoms with Crippen LogP contribution in [-0.2, 0) is 11.2 Å². The number of amides is 2. The average Bonchev–Trinajstić information content (AvgIpc) is 2.69. The van der Waals surface area contributed by atoms with Gasteiger partial charge in [-0.15, -0.1) is 0 Å². The molecular formula is C20H23FN4O3. The number of piperazine rings is 1. The van der Waals surface area contributed by atoms with Crippen LogP contribution >= 0.6 is 0 Å². The molecule has 0 unspecified atom stereocenters. The zero-order chi connectivity index (χ0) is 20.4. The first kappa shape index (κ1) is 19.7. The Morgan fingerprint density at radius 1 is 1.21 bits per heavy atom. The highest BCUT2D eigenvalue weighted by Crippen LogP contribution is 2.18. The molecule has 3 rings (SSSR count). The molecule has 1 aliphatic rings. The van der Waals surface area contributed by atoms with Crippen molar-refractivity contribution < 1.29 is 14.0 Å². The third kappa shape index (κ3) is 3.81. The molecule has 148 valence electrons. The van der Waals surface area contributed by atoms with Crippen LogP contribution in [-0.4, -0.2) is 58.0 Å². The summed E-state index contributed by atoms with van der Waals surface area (Å²) < 4.78 is 14.3. The maximum Gasteiger partial charge on any atom is 0.267 e. The molecule has 1 N–H and O–H groups in total. The Hall–Kier alpha value is -3.03. The Labute approximate surface area is 162 Å². The highest BCUT2D eigenvalue weighted by molar-refractivity contribution is 5.97. The number of halogens is 1. The molecule has 0 aliphatic carbocycles. The SMILES string of the molecule is CCN1CCN(C(=O)c2cc(Cc3n[nH]c(=O)c(C)c3C)ccc2F)CC1=O. The second-order valence-electron chi connectivity index (χ2n) is 6.94. The van der Waals surface area contributed by atoms with Crippen molar-refractivity contribution in [1.82, 2.24) is 20.0 Å². The minimum atomic E-state index is -0.624. The molecule has 1 aliphatic heterocycles. The zero-order valence-electron chi connectivity index (χ0n) is 16.2. The maximum atomic E-state index is 14.3. The van der Waals surface area contributed by atoms with Gasteiger partial charge in [-0.05, 0) is 44.0 Å². The molecule has 1 saturated heterocycles. The van der Waals surface area contributed by atoms with Gasteiger partial charge in [-0.1, -0.05) is 6.07 Å². The molecule has 2 aromatic rings. The van der Waals surface area contributed by atoms with Gasteiger partial charge in [0.2, 0.25) is 5.91 Å². The number of hydrogen-bond acceptors (Lipinski definition) is 4. The van der Waals surface area contributed by atoms with E-state index in [2.05, 4.69) is 10.2 Å². The van der Waals surface area contributed by atoms with Gasteiger partial charge >= 0.3 is 0 Å². The molecule has 0 radical (unpaired) electrons. The Morgan fingerprint density at radius 2 is 1.96 bits per heavy atom. The predicted octanol–water partition coefficient (Wildman–Crippen LogP) is 1.42. The first-order chi connectivity index (χ1) is 13.3. The van der Waals surface area contributed by atoms with Crippen molar-refractivity contribution in [2.45, 2.75) is 27.2 Å². The van der Waals surface area contributed by atoms with Crippen molar-refractivity contribution in [2.75, 3.05) is 26.2 Å². The topological polar surface area (TPSA) is 86.4 Å². The Balaban J connectivity index is 1.84. The Morgan fingerprint density at radius 3 is 2.64 bits per heavy atom. The van der Waals surface area contributed by atoms with Crippen LogP contribution in [0.25, 0.3) is 0 Å². The van der Waals surface area contributed by atoms with Gasteiger partial charge in [0.05, 0.1) is 11.3 Å². The van der Waals surface area contributed by atoms with Gasteiger partial charge in [0.25, 0.3) is 11.5 Å². The molecule has 7 nitrogen and oxygen atoms in total. The van der Waals surface area contributed by atoms with Crippen LogP contribution in [0.1, 0.15) is 39.7 Å². The standard InChI is InChI=1S/C20H23FN4O3/c1-4-24-7-8-25(11-18(24)26)20(28)15-9-14(5-6-16(15)21)10-17-12(2)13(3)19(27)23-22-17/h5-6,9H,4,7-8,10-11H2,1-3H3,(H,23,27). The summed E-state index contributed by atoms with van der Waals surface area (Å²) in [5, 5.41) is 6.52. The van der Waals surface area contributed by atoms with Crippen molar-refractivity contribution in [2.24, 2.45) is 0 Å². The summed E-state index contributed by atoms with van der Waals surface area (Å²) in [6.07, 6.45) is 0.354. The van der Waals surface area contributed by atoms with Crippen molar-refractivity contribution in [1.29, 1.82) is 0 Å². The van der Waals surface area contributed by atoms with Crippen LogP contribution < -0.4 is 5.56 Å². The van der Waals surface area contributed by atoms with Crippen molar-refractivity contribution >= 4 is 11.8 Å². The number of carbonyl (C=O) groups excluding carboxylic acids is 2. The number of carbonyl (C=O) groups is 2. The molecule has 0 bridgehead atoms. The van der Waals surface area contributed by atoms with E-state index < -0.39 is 11.7 Å². The van der Waals surface area contributed by atoms with Crippen molar-refractivity contribution in [3.05, 3.63) is 62.3 Å². The van der Waals surface area contributed by atoms with Gasteiger partial charge in [0, 0.05) is 31.6 Å². The van der Waals surface area contributed by atoms with Crippen LogP contribution in [0.15, 0.2) is 23.0 Å². The molecule has 1 fully saturated rings. The van der Waals surface area contributed by atoms with Crippen LogP contribution in [0.2, 0.25) is 0 Å². The van der Waals surface area contributed by atoms with Gasteiger partial charge in [0.15, 0.2) is 0 Å². The fraction of sp³-hybridized carbons (Fsp3) is 0.400. The van der Waals surface area contributed by atoms with Crippen LogP contribution in [0, 0.1) is 19.7 Å². The van der Waals surface area contributed by atoms with E-state index in [0.717, 1.165) is 5.56 Å². The summed E-state index contributed by atoms with van der Waals surface area (Å²) in [6, 6.07) is 4.34. The van der Waals surface area contributed by atoms with Crippen LogP contribution in [0.3, 0.4) is 0 Å². The summed E-state index contributed by atoms with van der Waals surface area (Å²) in [6.45, 7) is 6.77. The molecule has 0 atom stereocenters. The van der Waals surface area contributed by atoms with Gasteiger partial charge in [0.1, 0.15) is 12.4 Å². The van der Waals surface area contributed by atoms with E-state index in [1.54, 1.807) is 24.8 Å². The largest absolute Gasteiger partial charge is 0.340 e. The molecule has 8 heteroatoms. The van der Waals surface area contributed by atoms with Gasteiger partial charge in [-0.2, -0.15) is 5.10 Å². The highest BCUT2D eigenvalue weighted by Gasteiger charge is 2.28. The minimum absolute atomic E-state index is 0.0455. The summed E-state index contributed by atoms with van der Waals surface area (Å²) >= 11 is 0. The zero-order valence-corrected chi connectivity index (χ0v) is 16.2. The second kappa shape index (κ2) is 7.92. The number of nitrogens with zero attached hydrogens (tertiary/aromatic N) is 3. The number of H-pyrrole nitrogens is 1. The van der Waals surface area contributed by atoms with E-state index in [1.807, 2.05) is 6.92 Å². The maximum absolute atomic E-state index is 14.3. The molecule has 1 aromatic heterocycles. The minimum Gasteiger partial charge on any atom is -0.340 e. The van der Waals surface area contributed by atoms with E-state index in [4.69, 9.17) is 0 Å². The number of aromatic amines is 1. The first-order valence-electron chi connectivity index (χ1n) is 9.22. The molecule has 2 amide bonds.